The maximum Gasteiger partial charge on any atom is 0.136 e. The summed E-state index contributed by atoms with van der Waals surface area (Å²) in [6, 6.07) is 170. The van der Waals surface area contributed by atoms with E-state index >= 15 is 0 Å². The predicted octanol–water partition coefficient (Wildman–Crippen LogP) is 35.2. The van der Waals surface area contributed by atoms with E-state index < -0.39 is 0 Å². The van der Waals surface area contributed by atoms with Crippen LogP contribution in [0, 0.1) is 0 Å². The van der Waals surface area contributed by atoms with Crippen LogP contribution in [0.3, 0.4) is 0 Å². The van der Waals surface area contributed by atoms with E-state index in [4.69, 9.17) is 43.2 Å². The zero-order valence-corrected chi connectivity index (χ0v) is 77.0. The van der Waals surface area contributed by atoms with E-state index in [0.717, 1.165) is 217 Å². The van der Waals surface area contributed by atoms with Gasteiger partial charge in [0.2, 0.25) is 0 Å². The molecular formula is C132H80N8O3. The van der Waals surface area contributed by atoms with Crippen LogP contribution in [-0.2, 0) is 0 Å². The summed E-state index contributed by atoms with van der Waals surface area (Å²) >= 11 is 0. The lowest BCUT2D eigenvalue weighted by Crippen LogP contribution is -1.97. The molecule has 0 saturated carbocycles. The topological polar surface area (TPSA) is 127 Å². The Labute approximate surface area is 819 Å². The van der Waals surface area contributed by atoms with Crippen molar-refractivity contribution in [3.63, 3.8) is 0 Å². The first-order valence-corrected chi connectivity index (χ1v) is 48.3. The molecule has 0 bridgehead atoms. The van der Waals surface area contributed by atoms with Gasteiger partial charge in [0.1, 0.15) is 33.5 Å². The number of nitrogens with zero attached hydrogens (tertiary/aromatic N) is 8. The molecule has 0 fully saturated rings. The molecule has 30 aromatic rings. The van der Waals surface area contributed by atoms with Gasteiger partial charge in [-0.25, -0.2) is 29.9 Å². The molecule has 0 unspecified atom stereocenters. The molecule has 666 valence electrons. The quantitative estimate of drug-likeness (QED) is 0.116. The van der Waals surface area contributed by atoms with Gasteiger partial charge in [-0.2, -0.15) is 0 Å². The van der Waals surface area contributed by atoms with Crippen LogP contribution in [0.15, 0.2) is 499 Å². The molecule has 30 rings (SSSR count). The highest BCUT2D eigenvalue weighted by molar-refractivity contribution is 6.26. The molecule has 11 nitrogen and oxygen atoms in total. The highest BCUT2D eigenvalue weighted by atomic mass is 16.3. The minimum atomic E-state index is 0.856. The average Bonchev–Trinajstić information content (AvgIpc) is 1.73. The Bertz CT molecular complexity index is 10300. The van der Waals surface area contributed by atoms with Crippen LogP contribution in [0.25, 0.3) is 287 Å². The molecule has 0 saturated heterocycles. The molecule has 8 heterocycles. The van der Waals surface area contributed by atoms with Gasteiger partial charge in [0.05, 0.1) is 89.3 Å². The van der Waals surface area contributed by atoms with Crippen molar-refractivity contribution < 1.29 is 13.3 Å². The van der Waals surface area contributed by atoms with Gasteiger partial charge in [-0.1, -0.05) is 358 Å². The van der Waals surface area contributed by atoms with Crippen LogP contribution in [0.1, 0.15) is 0 Å². The van der Waals surface area contributed by atoms with Gasteiger partial charge in [0.25, 0.3) is 0 Å². The minimum absolute atomic E-state index is 0.856. The Hall–Kier alpha value is -19.4. The third-order valence-electron chi connectivity index (χ3n) is 28.3. The summed E-state index contributed by atoms with van der Waals surface area (Å²) in [4.78, 5) is 31.3. The van der Waals surface area contributed by atoms with Crippen LogP contribution in [0.5, 0.6) is 0 Å². The number of hydrogen-bond donors (Lipinski definition) is 0. The summed E-state index contributed by atoms with van der Waals surface area (Å²) in [6.07, 6.45) is 0. The van der Waals surface area contributed by atoms with E-state index in [9.17, 15) is 0 Å². The molecule has 0 radical (unpaired) electrons. The summed E-state index contributed by atoms with van der Waals surface area (Å²) in [5.41, 5.74) is 35.7. The Morgan fingerprint density at radius 2 is 0.371 bits per heavy atom. The molecule has 0 spiro atoms. The molecule has 0 amide bonds. The predicted molar refractivity (Wildman–Crippen MR) is 591 cm³/mol. The lowest BCUT2D eigenvalue weighted by molar-refractivity contribution is 0.668. The van der Waals surface area contributed by atoms with Crippen molar-refractivity contribution in [3.8, 4) is 112 Å². The average molecular weight is 1830 g/mol. The molecule has 22 aromatic carbocycles. The summed E-state index contributed by atoms with van der Waals surface area (Å²) in [6.45, 7) is 0. The number of furan rings is 3. The first kappa shape index (κ1) is 81.9. The van der Waals surface area contributed by atoms with Crippen LogP contribution in [0.2, 0.25) is 0 Å². The van der Waals surface area contributed by atoms with Gasteiger partial charge >= 0.3 is 0 Å². The van der Waals surface area contributed by atoms with Crippen LogP contribution < -0.4 is 0 Å². The van der Waals surface area contributed by atoms with E-state index in [1.165, 1.54) is 70.4 Å². The number of para-hydroxylation sites is 13. The van der Waals surface area contributed by atoms with Gasteiger partial charge < -0.3 is 22.4 Å². The third kappa shape index (κ3) is 14.0. The number of fused-ring (bicyclic) bond motifs is 24. The zero-order valence-electron chi connectivity index (χ0n) is 77.0. The molecule has 0 aliphatic carbocycles. The number of hydrogen-bond acceptors (Lipinski definition) is 9. The summed E-state index contributed by atoms with van der Waals surface area (Å²) in [5, 5.41) is 19.2. The smallest absolute Gasteiger partial charge is 0.136 e. The second kappa shape index (κ2) is 33.8. The lowest BCUT2D eigenvalue weighted by Gasteiger charge is -2.14. The van der Waals surface area contributed by atoms with E-state index in [1.807, 2.05) is 127 Å². The van der Waals surface area contributed by atoms with Crippen LogP contribution >= 0.6 is 0 Å². The third-order valence-corrected chi connectivity index (χ3v) is 28.3. The molecular weight excluding hydrogens is 1750 g/mol. The van der Waals surface area contributed by atoms with Crippen molar-refractivity contribution in [1.29, 1.82) is 0 Å². The molecule has 0 aliphatic heterocycles. The molecule has 143 heavy (non-hydrogen) atoms. The Balaban J connectivity index is 0.000000105. The number of aromatic nitrogens is 8. The van der Waals surface area contributed by atoms with Crippen molar-refractivity contribution in [2.24, 2.45) is 0 Å². The molecule has 0 atom stereocenters. The largest absolute Gasteiger partial charge is 0.456 e. The Morgan fingerprint density at radius 3 is 0.727 bits per heavy atom. The second-order valence-electron chi connectivity index (χ2n) is 36.5. The van der Waals surface area contributed by atoms with Gasteiger partial charge in [-0.3, -0.25) is 0 Å². The van der Waals surface area contributed by atoms with Crippen molar-refractivity contribution in [2.45, 2.75) is 0 Å². The zero-order chi connectivity index (χ0) is 94.1. The number of rotatable bonds is 11. The minimum Gasteiger partial charge on any atom is -0.456 e. The fourth-order valence-corrected chi connectivity index (χ4v) is 21.7. The molecule has 8 aromatic heterocycles. The van der Waals surface area contributed by atoms with Gasteiger partial charge in [0.15, 0.2) is 0 Å². The van der Waals surface area contributed by atoms with Gasteiger partial charge in [-0.05, 0) is 193 Å². The van der Waals surface area contributed by atoms with Gasteiger partial charge in [-0.15, -0.1) is 0 Å². The van der Waals surface area contributed by atoms with E-state index in [2.05, 4.69) is 367 Å². The van der Waals surface area contributed by atoms with E-state index in [0.29, 0.717) is 0 Å². The van der Waals surface area contributed by atoms with E-state index in [-0.39, 0.29) is 0 Å². The Morgan fingerprint density at radius 1 is 0.140 bits per heavy atom. The second-order valence-corrected chi connectivity index (χ2v) is 36.5. The van der Waals surface area contributed by atoms with Crippen molar-refractivity contribution in [3.05, 3.63) is 485 Å². The lowest BCUT2D eigenvalue weighted by atomic mass is 9.92. The highest BCUT2D eigenvalue weighted by Crippen LogP contribution is 2.47. The van der Waals surface area contributed by atoms with Crippen LogP contribution in [0.4, 0.5) is 0 Å². The summed E-state index contributed by atoms with van der Waals surface area (Å²) < 4.78 is 23.2. The normalized spacial score (nSPS) is 11.8. The maximum atomic E-state index is 6.18. The number of benzene rings is 22. The maximum absolute atomic E-state index is 6.18. The molecule has 11 heteroatoms. The van der Waals surface area contributed by atoms with E-state index in [1.54, 1.807) is 0 Å². The fourth-order valence-electron chi connectivity index (χ4n) is 21.7. The fraction of sp³-hybridized carbons (Fsp3) is 0. The van der Waals surface area contributed by atoms with Crippen molar-refractivity contribution in [1.82, 2.24) is 39.0 Å². The summed E-state index contributed by atoms with van der Waals surface area (Å²) in [7, 11) is 0. The molecule has 0 N–H and O–H groups in total. The monoisotopic (exact) mass is 1820 g/mol. The SMILES string of the molecule is c1ccc(-n2c3ccccc3c3ccc(-c4nc5ccccc5nc4-c4ccc(-c5cccc6oc7ccccc7c56)cc4)cc32)cc1.c1ccc2nc(-c3ccc(-n4c5ccccc5c5ccccc54)cc3)c(-c3ccc(-c4cccc5oc6ccccc6c45)cc3)nc2c1.c1ccc2nc(-c3ccc4c5ccccc5c5ccccc5c4c3)c(-c3ccc(-c4cccc5oc6ccccc6c45)cc3)nc2c1. The highest BCUT2D eigenvalue weighted by Gasteiger charge is 2.25. The first-order valence-electron chi connectivity index (χ1n) is 48.3. The summed E-state index contributed by atoms with van der Waals surface area (Å²) in [5.74, 6) is 0. The van der Waals surface area contributed by atoms with Crippen LogP contribution in [-0.4, -0.2) is 39.0 Å². The van der Waals surface area contributed by atoms with Crippen molar-refractivity contribution >= 4 is 175 Å². The molecule has 0 aliphatic rings. The van der Waals surface area contributed by atoms with Crippen molar-refractivity contribution in [2.75, 3.05) is 0 Å². The Kier molecular flexibility index (Phi) is 19.4. The van der Waals surface area contributed by atoms with Gasteiger partial charge in [0, 0.05) is 98.6 Å². The first-order chi connectivity index (χ1) is 70.9. The standard InChI is InChI=1S/2C44H27N3O.C44H26N2O/c1-6-16-38-33(10-1)34-11-2-7-17-39(34)47(38)31-26-24-30(25-27-31)44-43(45-36-14-4-5-15-37(36)46-44)29-22-20-28(21-23-29)32-13-9-19-41-42(32)35-12-3-8-18-40(35)48-41;1-2-11-31(12-3-1)47-38-18-8-4-13-33(38)34-26-25-30(27-39(34)47)44-43(45-36-16-6-7-17-37(36)46-44)29-23-21-28(22-24-29)32-15-10-20-41-42(32)35-14-5-9-19-40(35)48-41;1-2-12-33-31(10-1)32-11-3-4-13-34(32)37-26-29(24-25-35(33)37)44-43(45-38-16-6-7-17-39(38)46-44)28-22-20-27(21-23-28)30-15-9-19-41-42(30)36-14-5-8-18-40(36)47-41/h2*1-27H;1-26H.